The summed E-state index contributed by atoms with van der Waals surface area (Å²) in [6.07, 6.45) is 1.68. The van der Waals surface area contributed by atoms with Crippen LogP contribution in [0.25, 0.3) is 0 Å². The molecule has 0 spiro atoms. The van der Waals surface area contributed by atoms with Crippen LogP contribution in [-0.2, 0) is 6.42 Å². The van der Waals surface area contributed by atoms with Gasteiger partial charge >= 0.3 is 0 Å². The molecule has 0 amide bonds. The predicted octanol–water partition coefficient (Wildman–Crippen LogP) is 1.54. The molecule has 0 radical (unpaired) electrons. The number of hydrogen-bond donors (Lipinski definition) is 1. The van der Waals surface area contributed by atoms with Gasteiger partial charge < -0.3 is 5.73 Å². The molecule has 4 heteroatoms. The third-order valence-electron chi connectivity index (χ3n) is 2.47. The Morgan fingerprint density at radius 1 is 1.54 bits per heavy atom. The van der Waals surface area contributed by atoms with Crippen molar-refractivity contribution in [3.8, 4) is 0 Å². The zero-order valence-corrected chi connectivity index (χ0v) is 7.06. The average Bonchev–Trinajstić information content (AvgIpc) is 2.48. The Morgan fingerprint density at radius 2 is 2.31 bits per heavy atom. The first-order valence-corrected chi connectivity index (χ1v) is 4.22. The van der Waals surface area contributed by atoms with Crippen molar-refractivity contribution in [1.29, 1.82) is 0 Å². The molecule has 68 valence electrons. The standard InChI is InChI=1S/C9H10N2O2/c10-7-5-4-6-2-1-3-8(9(6)7)11(12)13/h1-3,7H,4-5,10H2/t7-/m0/s1. The zero-order chi connectivity index (χ0) is 9.42. The van der Waals surface area contributed by atoms with Gasteiger partial charge in [0.1, 0.15) is 0 Å². The highest BCUT2D eigenvalue weighted by Crippen LogP contribution is 2.35. The van der Waals surface area contributed by atoms with E-state index in [4.69, 9.17) is 5.73 Å². The van der Waals surface area contributed by atoms with Crippen molar-refractivity contribution in [2.45, 2.75) is 18.9 Å². The van der Waals surface area contributed by atoms with Crippen LogP contribution in [0.4, 0.5) is 5.69 Å². The minimum absolute atomic E-state index is 0.156. The van der Waals surface area contributed by atoms with Crippen LogP contribution in [-0.4, -0.2) is 4.92 Å². The second-order valence-corrected chi connectivity index (χ2v) is 3.25. The van der Waals surface area contributed by atoms with Gasteiger partial charge in [0.15, 0.2) is 0 Å². The summed E-state index contributed by atoms with van der Waals surface area (Å²) in [7, 11) is 0. The van der Waals surface area contributed by atoms with E-state index in [1.807, 2.05) is 6.07 Å². The van der Waals surface area contributed by atoms with Gasteiger partial charge in [0.2, 0.25) is 0 Å². The van der Waals surface area contributed by atoms with Gasteiger partial charge in [-0.2, -0.15) is 0 Å². The lowest BCUT2D eigenvalue weighted by atomic mass is 10.1. The fourth-order valence-corrected chi connectivity index (χ4v) is 1.86. The number of fused-ring (bicyclic) bond motifs is 1. The molecular formula is C9H10N2O2. The monoisotopic (exact) mass is 178 g/mol. The van der Waals surface area contributed by atoms with E-state index >= 15 is 0 Å². The van der Waals surface area contributed by atoms with Gasteiger partial charge in [0.05, 0.1) is 4.92 Å². The van der Waals surface area contributed by atoms with Crippen molar-refractivity contribution >= 4 is 5.69 Å². The van der Waals surface area contributed by atoms with Crippen molar-refractivity contribution in [2.24, 2.45) is 5.73 Å². The Kier molecular flexibility index (Phi) is 1.77. The van der Waals surface area contributed by atoms with Crippen LogP contribution in [0, 0.1) is 10.1 Å². The molecule has 0 saturated carbocycles. The minimum Gasteiger partial charge on any atom is -0.324 e. The zero-order valence-electron chi connectivity index (χ0n) is 7.06. The summed E-state index contributed by atoms with van der Waals surface area (Å²) in [4.78, 5) is 10.3. The second kappa shape index (κ2) is 2.81. The molecular weight excluding hydrogens is 168 g/mol. The number of nitro groups is 1. The van der Waals surface area contributed by atoms with E-state index in [0.717, 1.165) is 24.0 Å². The summed E-state index contributed by atoms with van der Waals surface area (Å²) in [6, 6.07) is 4.99. The van der Waals surface area contributed by atoms with E-state index in [2.05, 4.69) is 0 Å². The molecule has 1 aliphatic carbocycles. The van der Waals surface area contributed by atoms with E-state index in [-0.39, 0.29) is 16.7 Å². The molecule has 0 saturated heterocycles. The smallest absolute Gasteiger partial charge is 0.274 e. The number of nitrogens with two attached hydrogens (primary N) is 1. The van der Waals surface area contributed by atoms with E-state index in [9.17, 15) is 10.1 Å². The number of nitro benzene ring substituents is 1. The van der Waals surface area contributed by atoms with Crippen LogP contribution in [0.2, 0.25) is 0 Å². The Labute approximate surface area is 75.5 Å². The average molecular weight is 178 g/mol. The first kappa shape index (κ1) is 8.19. The SMILES string of the molecule is N[C@H]1CCc2cccc([N+](=O)[O-])c21. The van der Waals surface area contributed by atoms with Crippen LogP contribution < -0.4 is 5.73 Å². The summed E-state index contributed by atoms with van der Waals surface area (Å²) in [5.74, 6) is 0. The molecule has 1 aliphatic rings. The normalized spacial score (nSPS) is 19.9. The predicted molar refractivity (Wildman–Crippen MR) is 48.3 cm³/mol. The summed E-state index contributed by atoms with van der Waals surface area (Å²) < 4.78 is 0. The Bertz CT molecular complexity index is 363. The fourth-order valence-electron chi connectivity index (χ4n) is 1.86. The molecule has 1 aromatic carbocycles. The van der Waals surface area contributed by atoms with Gasteiger partial charge in [-0.25, -0.2) is 0 Å². The third-order valence-corrected chi connectivity index (χ3v) is 2.47. The van der Waals surface area contributed by atoms with Gasteiger partial charge in [-0.3, -0.25) is 10.1 Å². The van der Waals surface area contributed by atoms with Crippen molar-refractivity contribution in [1.82, 2.24) is 0 Å². The topological polar surface area (TPSA) is 69.2 Å². The van der Waals surface area contributed by atoms with E-state index in [1.165, 1.54) is 6.07 Å². The number of benzene rings is 1. The van der Waals surface area contributed by atoms with Crippen LogP contribution in [0.1, 0.15) is 23.6 Å². The lowest BCUT2D eigenvalue weighted by molar-refractivity contribution is -0.385. The Balaban J connectivity index is 2.60. The Morgan fingerprint density at radius 3 is 3.00 bits per heavy atom. The molecule has 13 heavy (non-hydrogen) atoms. The van der Waals surface area contributed by atoms with Crippen LogP contribution in [0.15, 0.2) is 18.2 Å². The summed E-state index contributed by atoms with van der Waals surface area (Å²) in [5.41, 5.74) is 7.71. The second-order valence-electron chi connectivity index (χ2n) is 3.25. The van der Waals surface area contributed by atoms with Gasteiger partial charge in [-0.05, 0) is 18.4 Å². The molecule has 1 atom stereocenters. The maximum atomic E-state index is 10.7. The molecule has 0 aromatic heterocycles. The number of rotatable bonds is 1. The van der Waals surface area contributed by atoms with Gasteiger partial charge in [-0.15, -0.1) is 0 Å². The van der Waals surface area contributed by atoms with Crippen molar-refractivity contribution < 1.29 is 4.92 Å². The molecule has 0 fully saturated rings. The third kappa shape index (κ3) is 1.19. The lowest BCUT2D eigenvalue weighted by Crippen LogP contribution is -2.07. The van der Waals surface area contributed by atoms with Gasteiger partial charge in [0, 0.05) is 17.7 Å². The van der Waals surface area contributed by atoms with E-state index in [0.29, 0.717) is 0 Å². The summed E-state index contributed by atoms with van der Waals surface area (Å²) in [6.45, 7) is 0. The van der Waals surface area contributed by atoms with Gasteiger partial charge in [0.25, 0.3) is 5.69 Å². The van der Waals surface area contributed by atoms with Crippen LogP contribution in [0.5, 0.6) is 0 Å². The first-order valence-electron chi connectivity index (χ1n) is 4.22. The van der Waals surface area contributed by atoms with Crippen molar-refractivity contribution in [2.75, 3.05) is 0 Å². The molecule has 4 nitrogen and oxygen atoms in total. The number of hydrogen-bond acceptors (Lipinski definition) is 3. The molecule has 0 bridgehead atoms. The molecule has 0 unspecified atom stereocenters. The highest BCUT2D eigenvalue weighted by Gasteiger charge is 2.27. The molecule has 2 rings (SSSR count). The molecule has 0 heterocycles. The van der Waals surface area contributed by atoms with Crippen molar-refractivity contribution in [3.05, 3.63) is 39.4 Å². The van der Waals surface area contributed by atoms with Crippen LogP contribution >= 0.6 is 0 Å². The summed E-state index contributed by atoms with van der Waals surface area (Å²) in [5, 5.41) is 10.7. The fraction of sp³-hybridized carbons (Fsp3) is 0.333. The number of nitrogens with zero attached hydrogens (tertiary/aromatic N) is 1. The van der Waals surface area contributed by atoms with E-state index < -0.39 is 0 Å². The largest absolute Gasteiger partial charge is 0.324 e. The van der Waals surface area contributed by atoms with Crippen LogP contribution in [0.3, 0.4) is 0 Å². The van der Waals surface area contributed by atoms with E-state index in [1.54, 1.807) is 6.07 Å². The van der Waals surface area contributed by atoms with Crippen molar-refractivity contribution in [3.63, 3.8) is 0 Å². The highest BCUT2D eigenvalue weighted by atomic mass is 16.6. The number of aryl methyl sites for hydroxylation is 1. The molecule has 1 aromatic rings. The maximum absolute atomic E-state index is 10.7. The minimum atomic E-state index is -0.357. The molecule has 2 N–H and O–H groups in total. The Hall–Kier alpha value is -1.42. The lowest BCUT2D eigenvalue weighted by Gasteiger charge is -2.04. The first-order chi connectivity index (χ1) is 6.20. The summed E-state index contributed by atoms with van der Waals surface area (Å²) >= 11 is 0. The van der Waals surface area contributed by atoms with Gasteiger partial charge in [-0.1, -0.05) is 12.1 Å². The highest BCUT2D eigenvalue weighted by molar-refractivity contribution is 5.49. The maximum Gasteiger partial charge on any atom is 0.274 e. The quantitative estimate of drug-likeness (QED) is 0.523. The molecule has 0 aliphatic heterocycles.